The minimum absolute atomic E-state index is 0.0458. The number of carbonyl (C=O) groups is 1. The van der Waals surface area contributed by atoms with E-state index >= 15 is 0 Å². The van der Waals surface area contributed by atoms with Crippen LogP contribution >= 0.6 is 11.3 Å². The Bertz CT molecular complexity index is 1460. The van der Waals surface area contributed by atoms with Gasteiger partial charge in [0.05, 0.1) is 7.11 Å². The molecule has 0 unspecified atom stereocenters. The molecule has 0 atom stereocenters. The molecule has 5 aromatic rings. The van der Waals surface area contributed by atoms with E-state index in [1.165, 1.54) is 0 Å². The summed E-state index contributed by atoms with van der Waals surface area (Å²) in [6, 6.07) is 28.6. The van der Waals surface area contributed by atoms with Gasteiger partial charge in [-0.3, -0.25) is 9.59 Å². The molecule has 3 nitrogen and oxygen atoms in total. The summed E-state index contributed by atoms with van der Waals surface area (Å²) in [6.45, 7) is 3.92. The highest BCUT2D eigenvalue weighted by atomic mass is 32.1. The van der Waals surface area contributed by atoms with Crippen molar-refractivity contribution in [2.45, 2.75) is 13.8 Å². The molecule has 0 aliphatic heterocycles. The third-order valence-corrected chi connectivity index (χ3v) is 6.57. The quantitative estimate of drug-likeness (QED) is 0.220. The van der Waals surface area contributed by atoms with Gasteiger partial charge in [-0.05, 0) is 67.9 Å². The topological polar surface area (TPSA) is 43.4 Å². The Labute approximate surface area is 196 Å². The molecule has 0 fully saturated rings. The van der Waals surface area contributed by atoms with Crippen molar-refractivity contribution in [1.82, 2.24) is 0 Å². The van der Waals surface area contributed by atoms with Crippen LogP contribution in [0.4, 0.5) is 0 Å². The average Bonchev–Trinajstić information content (AvgIpc) is 2.84. The van der Waals surface area contributed by atoms with Crippen LogP contribution in [0.1, 0.15) is 27.0 Å². The van der Waals surface area contributed by atoms with Gasteiger partial charge in [-0.1, -0.05) is 48.0 Å². The van der Waals surface area contributed by atoms with E-state index in [2.05, 4.69) is 0 Å². The van der Waals surface area contributed by atoms with E-state index in [9.17, 15) is 9.59 Å². The lowest BCUT2D eigenvalue weighted by Crippen LogP contribution is -2.02. The number of ketones is 1. The summed E-state index contributed by atoms with van der Waals surface area (Å²) in [4.78, 5) is 24.4. The molecule has 4 aromatic carbocycles. The predicted molar refractivity (Wildman–Crippen MR) is 138 cm³/mol. The van der Waals surface area contributed by atoms with Crippen molar-refractivity contribution in [3.63, 3.8) is 0 Å². The molecule has 0 aliphatic carbocycles. The SMILES string of the molecule is COc1ccc(C(=O)c2cccc(C)c2)cc1C.O=c1c2ccccc2sc2ccccc12. The van der Waals surface area contributed by atoms with Crippen molar-refractivity contribution >= 4 is 37.3 Å². The molecule has 0 saturated carbocycles. The fraction of sp³-hybridized carbons (Fsp3) is 0.103. The molecule has 0 spiro atoms. The summed E-state index contributed by atoms with van der Waals surface area (Å²) < 4.78 is 7.31. The summed E-state index contributed by atoms with van der Waals surface area (Å²) in [5.41, 5.74) is 3.61. The summed E-state index contributed by atoms with van der Waals surface area (Å²) in [5.74, 6) is 0.847. The van der Waals surface area contributed by atoms with Crippen LogP contribution in [-0.4, -0.2) is 12.9 Å². The van der Waals surface area contributed by atoms with Crippen molar-refractivity contribution in [2.75, 3.05) is 7.11 Å². The van der Waals surface area contributed by atoms with Crippen molar-refractivity contribution in [1.29, 1.82) is 0 Å². The maximum absolute atomic E-state index is 12.3. The smallest absolute Gasteiger partial charge is 0.195 e. The number of fused-ring (bicyclic) bond motifs is 2. The standard InChI is InChI=1S/C16H16O2.C13H8OS/c1-11-5-4-6-13(9-11)16(17)14-7-8-15(18-3)12(2)10-14;14-13-9-5-1-3-7-11(9)15-12-8-4-2-6-10(12)13/h4-10H,1-3H3;1-8H. The van der Waals surface area contributed by atoms with Crippen LogP contribution in [0.3, 0.4) is 0 Å². The van der Waals surface area contributed by atoms with Crippen molar-refractivity contribution in [2.24, 2.45) is 0 Å². The zero-order chi connectivity index (χ0) is 23.4. The first kappa shape index (κ1) is 22.4. The zero-order valence-corrected chi connectivity index (χ0v) is 19.6. The van der Waals surface area contributed by atoms with Crippen LogP contribution < -0.4 is 10.2 Å². The lowest BCUT2D eigenvalue weighted by Gasteiger charge is -2.07. The van der Waals surface area contributed by atoms with E-state index in [-0.39, 0.29) is 11.2 Å². The molecule has 1 aromatic heterocycles. The Morgan fingerprint density at radius 1 is 0.727 bits per heavy atom. The molecule has 33 heavy (non-hydrogen) atoms. The molecule has 164 valence electrons. The van der Waals surface area contributed by atoms with Crippen LogP contribution in [0.15, 0.2) is 95.8 Å². The number of benzene rings is 4. The van der Waals surface area contributed by atoms with Gasteiger partial charge in [-0.15, -0.1) is 11.3 Å². The Morgan fingerprint density at radius 3 is 1.91 bits per heavy atom. The maximum atomic E-state index is 12.3. The summed E-state index contributed by atoms with van der Waals surface area (Å²) >= 11 is 1.67. The van der Waals surface area contributed by atoms with Crippen LogP contribution in [0.25, 0.3) is 20.2 Å². The minimum atomic E-state index is 0.0458. The Hall–Kier alpha value is -3.76. The van der Waals surface area contributed by atoms with Gasteiger partial charge in [0.15, 0.2) is 11.2 Å². The fourth-order valence-corrected chi connectivity index (χ4v) is 4.79. The zero-order valence-electron chi connectivity index (χ0n) is 18.8. The van der Waals surface area contributed by atoms with Crippen molar-refractivity contribution < 1.29 is 9.53 Å². The summed E-state index contributed by atoms with van der Waals surface area (Å²) in [5, 5.41) is 1.64. The van der Waals surface area contributed by atoms with Crippen LogP contribution in [-0.2, 0) is 0 Å². The third kappa shape index (κ3) is 4.86. The van der Waals surface area contributed by atoms with Gasteiger partial charge in [0, 0.05) is 31.3 Å². The number of hydrogen-bond donors (Lipinski definition) is 0. The second-order valence-corrected chi connectivity index (χ2v) is 8.89. The second-order valence-electron chi connectivity index (χ2n) is 7.81. The first-order valence-corrected chi connectivity index (χ1v) is 11.5. The predicted octanol–water partition coefficient (Wildman–Crippen LogP) is 6.96. The Kier molecular flexibility index (Phi) is 6.66. The highest BCUT2D eigenvalue weighted by molar-refractivity contribution is 7.24. The fourth-order valence-electron chi connectivity index (χ4n) is 3.72. The Morgan fingerprint density at radius 2 is 1.33 bits per heavy atom. The lowest BCUT2D eigenvalue weighted by atomic mass is 10.00. The van der Waals surface area contributed by atoms with Crippen molar-refractivity contribution in [3.05, 3.63) is 123 Å². The van der Waals surface area contributed by atoms with Gasteiger partial charge in [-0.2, -0.15) is 0 Å². The van der Waals surface area contributed by atoms with E-state index in [0.29, 0.717) is 5.56 Å². The number of hydrogen-bond acceptors (Lipinski definition) is 4. The highest BCUT2D eigenvalue weighted by Crippen LogP contribution is 2.24. The second kappa shape index (κ2) is 9.80. The number of carbonyl (C=O) groups excluding carboxylic acids is 1. The number of aryl methyl sites for hydroxylation is 2. The highest BCUT2D eigenvalue weighted by Gasteiger charge is 2.10. The largest absolute Gasteiger partial charge is 0.496 e. The number of ether oxygens (including phenoxy) is 1. The molecule has 0 amide bonds. The summed E-state index contributed by atoms with van der Waals surface area (Å²) in [7, 11) is 1.63. The molecule has 0 bridgehead atoms. The Balaban J connectivity index is 0.000000159. The molecule has 5 rings (SSSR count). The van der Waals surface area contributed by atoms with Gasteiger partial charge in [-0.25, -0.2) is 0 Å². The maximum Gasteiger partial charge on any atom is 0.195 e. The molecular formula is C29H24O3S. The molecule has 1 heterocycles. The van der Waals surface area contributed by atoms with Crippen LogP contribution in [0, 0.1) is 13.8 Å². The molecule has 0 N–H and O–H groups in total. The monoisotopic (exact) mass is 452 g/mol. The van der Waals surface area contributed by atoms with Gasteiger partial charge < -0.3 is 4.74 Å². The molecule has 0 radical (unpaired) electrons. The number of methoxy groups -OCH3 is 1. The van der Waals surface area contributed by atoms with Gasteiger partial charge in [0.2, 0.25) is 0 Å². The lowest BCUT2D eigenvalue weighted by molar-refractivity contribution is 0.103. The van der Waals surface area contributed by atoms with E-state index in [1.807, 2.05) is 98.8 Å². The molecule has 4 heteroatoms. The number of rotatable bonds is 3. The van der Waals surface area contributed by atoms with Crippen LogP contribution in [0.2, 0.25) is 0 Å². The van der Waals surface area contributed by atoms with E-state index in [1.54, 1.807) is 24.5 Å². The van der Waals surface area contributed by atoms with E-state index in [0.717, 1.165) is 42.6 Å². The van der Waals surface area contributed by atoms with Gasteiger partial charge in [0.1, 0.15) is 5.75 Å². The first-order valence-electron chi connectivity index (χ1n) is 10.6. The van der Waals surface area contributed by atoms with E-state index in [4.69, 9.17) is 4.74 Å². The van der Waals surface area contributed by atoms with Gasteiger partial charge >= 0.3 is 0 Å². The third-order valence-electron chi connectivity index (χ3n) is 5.42. The average molecular weight is 453 g/mol. The van der Waals surface area contributed by atoms with E-state index < -0.39 is 0 Å². The molecule has 0 aliphatic rings. The first-order chi connectivity index (χ1) is 16.0. The normalized spacial score (nSPS) is 10.5. The molecule has 0 saturated heterocycles. The van der Waals surface area contributed by atoms with Gasteiger partial charge in [0.25, 0.3) is 0 Å². The van der Waals surface area contributed by atoms with Crippen LogP contribution in [0.5, 0.6) is 5.75 Å². The molecular weight excluding hydrogens is 428 g/mol. The summed E-state index contributed by atoms with van der Waals surface area (Å²) in [6.07, 6.45) is 0. The van der Waals surface area contributed by atoms with Crippen molar-refractivity contribution in [3.8, 4) is 5.75 Å². The minimum Gasteiger partial charge on any atom is -0.496 e.